The molecular weight excluding hydrogens is 414 g/mol. The summed E-state index contributed by atoms with van der Waals surface area (Å²) in [6.45, 7) is 1.88. The van der Waals surface area contributed by atoms with Crippen LogP contribution in [0, 0.1) is 0 Å². The van der Waals surface area contributed by atoms with Crippen molar-refractivity contribution in [2.45, 2.75) is 18.6 Å². The van der Waals surface area contributed by atoms with Gasteiger partial charge in [0.05, 0.1) is 18.1 Å². The van der Waals surface area contributed by atoms with Gasteiger partial charge >= 0.3 is 0 Å². The van der Waals surface area contributed by atoms with E-state index < -0.39 is 0 Å². The van der Waals surface area contributed by atoms with E-state index in [1.165, 1.54) is 11.8 Å². The van der Waals surface area contributed by atoms with Crippen LogP contribution in [0.2, 0.25) is 0 Å². The predicted octanol–water partition coefficient (Wildman–Crippen LogP) is 4.01. The summed E-state index contributed by atoms with van der Waals surface area (Å²) in [6.07, 6.45) is 0.657. The molecule has 0 saturated carbocycles. The Hall–Kier alpha value is -2.12. The van der Waals surface area contributed by atoms with Crippen molar-refractivity contribution in [3.05, 3.63) is 64.1 Å². The highest BCUT2D eigenvalue weighted by Gasteiger charge is 2.30. The number of amides is 1. The van der Waals surface area contributed by atoms with Crippen molar-refractivity contribution in [1.82, 2.24) is 5.32 Å². The lowest BCUT2D eigenvalue weighted by atomic mass is 10.1. The lowest BCUT2D eigenvalue weighted by molar-refractivity contribution is -0.118. The number of thioether (sulfide) groups is 1. The largest absolute Gasteiger partial charge is 0.497 e. The van der Waals surface area contributed by atoms with E-state index in [0.29, 0.717) is 11.6 Å². The lowest BCUT2D eigenvalue weighted by Crippen LogP contribution is -2.25. The van der Waals surface area contributed by atoms with Crippen LogP contribution < -0.4 is 10.1 Å². The number of halogens is 1. The minimum atomic E-state index is -0.189. The SMILES string of the molecule is COc1ccc(/C(C)=N\N=C2\NC(=O)[C@H](Cc3ccc(Br)cc3)S2)cc1. The summed E-state index contributed by atoms with van der Waals surface area (Å²) in [5.41, 5.74) is 2.84. The summed E-state index contributed by atoms with van der Waals surface area (Å²) < 4.78 is 6.17. The van der Waals surface area contributed by atoms with E-state index in [1.54, 1.807) is 7.11 Å². The zero-order valence-corrected chi connectivity index (χ0v) is 16.8. The number of hydrogen-bond donors (Lipinski definition) is 1. The highest BCUT2D eigenvalue weighted by molar-refractivity contribution is 9.10. The molecule has 26 heavy (non-hydrogen) atoms. The van der Waals surface area contributed by atoms with Gasteiger partial charge in [0.15, 0.2) is 5.17 Å². The van der Waals surface area contributed by atoms with Gasteiger partial charge in [-0.15, -0.1) is 5.10 Å². The van der Waals surface area contributed by atoms with Crippen LogP contribution in [0.25, 0.3) is 0 Å². The average Bonchev–Trinajstić information content (AvgIpc) is 3.01. The van der Waals surface area contributed by atoms with Crippen LogP contribution in [0.5, 0.6) is 5.75 Å². The monoisotopic (exact) mass is 431 g/mol. The first-order valence-electron chi connectivity index (χ1n) is 8.04. The van der Waals surface area contributed by atoms with Crippen LogP contribution in [-0.2, 0) is 11.2 Å². The molecule has 0 unspecified atom stereocenters. The smallest absolute Gasteiger partial charge is 0.239 e. The third-order valence-electron chi connectivity index (χ3n) is 3.91. The fourth-order valence-electron chi connectivity index (χ4n) is 2.43. The van der Waals surface area contributed by atoms with Gasteiger partial charge in [-0.05, 0) is 60.9 Å². The fourth-order valence-corrected chi connectivity index (χ4v) is 3.65. The molecule has 1 N–H and O–H groups in total. The van der Waals surface area contributed by atoms with Crippen molar-refractivity contribution in [2.75, 3.05) is 7.11 Å². The summed E-state index contributed by atoms with van der Waals surface area (Å²) >= 11 is 4.83. The van der Waals surface area contributed by atoms with Crippen molar-refractivity contribution in [3.8, 4) is 5.75 Å². The first-order chi connectivity index (χ1) is 12.5. The molecule has 0 radical (unpaired) electrons. The molecule has 2 aromatic carbocycles. The van der Waals surface area contributed by atoms with Gasteiger partial charge in [0, 0.05) is 4.47 Å². The predicted molar refractivity (Wildman–Crippen MR) is 110 cm³/mol. The van der Waals surface area contributed by atoms with E-state index >= 15 is 0 Å². The van der Waals surface area contributed by atoms with Gasteiger partial charge in [-0.25, -0.2) is 0 Å². The van der Waals surface area contributed by atoms with Crippen LogP contribution in [0.1, 0.15) is 18.1 Å². The first kappa shape index (κ1) is 18.7. The molecule has 1 heterocycles. The van der Waals surface area contributed by atoms with Crippen LogP contribution in [0.4, 0.5) is 0 Å². The molecule has 3 rings (SSSR count). The van der Waals surface area contributed by atoms with Gasteiger partial charge in [0.25, 0.3) is 0 Å². The summed E-state index contributed by atoms with van der Waals surface area (Å²) in [4.78, 5) is 12.2. The van der Waals surface area contributed by atoms with E-state index in [-0.39, 0.29) is 11.2 Å². The van der Waals surface area contributed by atoms with Gasteiger partial charge in [-0.1, -0.05) is 39.8 Å². The third-order valence-corrected chi connectivity index (χ3v) is 5.51. The van der Waals surface area contributed by atoms with Crippen molar-refractivity contribution in [2.24, 2.45) is 10.2 Å². The summed E-state index contributed by atoms with van der Waals surface area (Å²) in [5.74, 6) is 0.760. The molecule has 1 atom stereocenters. The second kappa shape index (κ2) is 8.51. The molecule has 1 aliphatic rings. The van der Waals surface area contributed by atoms with Gasteiger partial charge in [-0.3, -0.25) is 4.79 Å². The third kappa shape index (κ3) is 4.74. The number of carbonyl (C=O) groups is 1. The molecule has 7 heteroatoms. The summed E-state index contributed by atoms with van der Waals surface area (Å²) in [6, 6.07) is 15.6. The number of benzene rings is 2. The van der Waals surface area contributed by atoms with Gasteiger partial charge in [0.1, 0.15) is 5.75 Å². The Morgan fingerprint density at radius 2 is 1.88 bits per heavy atom. The maximum absolute atomic E-state index is 12.2. The van der Waals surface area contributed by atoms with Crippen molar-refractivity contribution < 1.29 is 9.53 Å². The molecule has 1 aliphatic heterocycles. The zero-order chi connectivity index (χ0) is 18.5. The molecule has 0 bridgehead atoms. The van der Waals surface area contributed by atoms with E-state index in [4.69, 9.17) is 4.74 Å². The normalized spacial score (nSPS) is 18.9. The molecule has 1 saturated heterocycles. The highest BCUT2D eigenvalue weighted by atomic mass is 79.9. The highest BCUT2D eigenvalue weighted by Crippen LogP contribution is 2.24. The van der Waals surface area contributed by atoms with Gasteiger partial charge < -0.3 is 10.1 Å². The number of amidine groups is 1. The standard InChI is InChI=1S/C19H18BrN3O2S/c1-12(14-5-9-16(25-2)10-6-14)22-23-19-21-18(24)17(26-19)11-13-3-7-15(20)8-4-13/h3-10,17H,11H2,1-2H3,(H,21,23,24)/b22-12-/t17-/m0/s1. The first-order valence-corrected chi connectivity index (χ1v) is 9.71. The average molecular weight is 432 g/mol. The van der Waals surface area contributed by atoms with E-state index in [9.17, 15) is 4.79 Å². The number of ether oxygens (including phenoxy) is 1. The van der Waals surface area contributed by atoms with Crippen molar-refractivity contribution in [3.63, 3.8) is 0 Å². The summed E-state index contributed by atoms with van der Waals surface area (Å²) in [7, 11) is 1.63. The summed E-state index contributed by atoms with van der Waals surface area (Å²) in [5, 5.41) is 11.6. The molecule has 5 nitrogen and oxygen atoms in total. The topological polar surface area (TPSA) is 63.1 Å². The Balaban J connectivity index is 1.65. The van der Waals surface area contributed by atoms with E-state index in [0.717, 1.165) is 27.1 Å². The molecular formula is C19H18BrN3O2S. The molecule has 0 spiro atoms. The van der Waals surface area contributed by atoms with Crippen molar-refractivity contribution >= 4 is 44.5 Å². The number of hydrogen-bond acceptors (Lipinski definition) is 5. The lowest BCUT2D eigenvalue weighted by Gasteiger charge is -2.05. The number of nitrogens with zero attached hydrogens (tertiary/aromatic N) is 2. The maximum Gasteiger partial charge on any atom is 0.239 e. The molecule has 1 fully saturated rings. The maximum atomic E-state index is 12.2. The molecule has 2 aromatic rings. The molecule has 0 aliphatic carbocycles. The molecule has 0 aromatic heterocycles. The quantitative estimate of drug-likeness (QED) is 0.574. The minimum absolute atomic E-state index is 0.0334. The molecule has 1 amide bonds. The molecule has 134 valence electrons. The zero-order valence-electron chi connectivity index (χ0n) is 14.4. The van der Waals surface area contributed by atoms with Crippen molar-refractivity contribution in [1.29, 1.82) is 0 Å². The Labute approximate surface area is 165 Å². The second-order valence-corrected chi connectivity index (χ2v) is 7.85. The number of carbonyl (C=O) groups excluding carboxylic acids is 1. The Morgan fingerprint density at radius 3 is 2.54 bits per heavy atom. The van der Waals surface area contributed by atoms with Gasteiger partial charge in [0.2, 0.25) is 5.91 Å². The Morgan fingerprint density at radius 1 is 1.19 bits per heavy atom. The minimum Gasteiger partial charge on any atom is -0.497 e. The Kier molecular flexibility index (Phi) is 6.11. The van der Waals surface area contributed by atoms with Crippen LogP contribution in [-0.4, -0.2) is 29.1 Å². The number of nitrogens with one attached hydrogen (secondary N) is 1. The Bertz CT molecular complexity index is 848. The van der Waals surface area contributed by atoms with E-state index in [1.807, 2.05) is 55.5 Å². The van der Waals surface area contributed by atoms with E-state index in [2.05, 4.69) is 31.4 Å². The van der Waals surface area contributed by atoms with Crippen LogP contribution >= 0.6 is 27.7 Å². The fraction of sp³-hybridized carbons (Fsp3) is 0.211. The van der Waals surface area contributed by atoms with Gasteiger partial charge in [-0.2, -0.15) is 5.10 Å². The number of rotatable bonds is 5. The second-order valence-electron chi connectivity index (χ2n) is 5.75. The van der Waals surface area contributed by atoms with Crippen LogP contribution in [0.3, 0.4) is 0 Å². The number of methoxy groups -OCH3 is 1. The van der Waals surface area contributed by atoms with Crippen LogP contribution in [0.15, 0.2) is 63.2 Å².